The minimum Gasteiger partial charge on any atom is -0.508 e. The highest BCUT2D eigenvalue weighted by Crippen LogP contribution is 2.30. The summed E-state index contributed by atoms with van der Waals surface area (Å²) < 4.78 is 16.3. The zero-order valence-corrected chi connectivity index (χ0v) is 16.1. The van der Waals surface area contributed by atoms with E-state index in [4.69, 9.17) is 14.2 Å². The Morgan fingerprint density at radius 3 is 2.43 bits per heavy atom. The lowest BCUT2D eigenvalue weighted by Crippen LogP contribution is -2.60. The van der Waals surface area contributed by atoms with Gasteiger partial charge in [-0.15, -0.1) is 0 Å². The quantitative estimate of drug-likeness (QED) is 0.404. The summed E-state index contributed by atoms with van der Waals surface area (Å²) in [5, 5.41) is 48.9. The molecule has 1 heterocycles. The number of carbonyl (C=O) groups is 1. The molecule has 9 nitrogen and oxygen atoms in total. The van der Waals surface area contributed by atoms with Gasteiger partial charge in [0.25, 0.3) is 0 Å². The summed E-state index contributed by atoms with van der Waals surface area (Å²) in [4.78, 5) is 12.6. The zero-order valence-electron chi connectivity index (χ0n) is 16.1. The molecule has 0 aliphatic carbocycles. The van der Waals surface area contributed by atoms with Crippen LogP contribution in [0.1, 0.15) is 37.6 Å². The van der Waals surface area contributed by atoms with Gasteiger partial charge in [-0.2, -0.15) is 0 Å². The third-order valence-corrected chi connectivity index (χ3v) is 4.68. The second-order valence-electron chi connectivity index (χ2n) is 7.09. The first-order valence-corrected chi connectivity index (χ1v) is 9.20. The van der Waals surface area contributed by atoms with Crippen LogP contribution >= 0.6 is 0 Å². The van der Waals surface area contributed by atoms with Crippen molar-refractivity contribution in [2.24, 2.45) is 5.92 Å². The van der Waals surface area contributed by atoms with E-state index in [1.54, 1.807) is 0 Å². The SMILES string of the molecule is CCC(OC(=O)c1cc(O)ccc1O[C@@H]1O[C@H](CO)[C@@H](O)[C@H](O)[C@H]1O)C(C)C. The van der Waals surface area contributed by atoms with Crippen LogP contribution in [0.5, 0.6) is 11.5 Å². The van der Waals surface area contributed by atoms with Crippen LogP contribution in [-0.4, -0.2) is 74.9 Å². The summed E-state index contributed by atoms with van der Waals surface area (Å²) in [6.07, 6.45) is -7.12. The highest BCUT2D eigenvalue weighted by Gasteiger charge is 2.45. The predicted octanol–water partition coefficient (Wildman–Crippen LogP) is 0.162. The van der Waals surface area contributed by atoms with E-state index in [2.05, 4.69) is 0 Å². The maximum Gasteiger partial charge on any atom is 0.342 e. The minimum atomic E-state index is -1.63. The van der Waals surface area contributed by atoms with Crippen LogP contribution in [0, 0.1) is 5.92 Å². The molecule has 0 radical (unpaired) electrons. The molecule has 0 saturated carbocycles. The molecule has 0 amide bonds. The molecule has 0 spiro atoms. The van der Waals surface area contributed by atoms with Crippen molar-refractivity contribution in [2.75, 3.05) is 6.61 Å². The number of carbonyl (C=O) groups excluding carboxylic acids is 1. The summed E-state index contributed by atoms with van der Waals surface area (Å²) in [6.45, 7) is 5.10. The highest BCUT2D eigenvalue weighted by atomic mass is 16.7. The van der Waals surface area contributed by atoms with Crippen LogP contribution in [0.4, 0.5) is 0 Å². The molecule has 1 fully saturated rings. The standard InChI is InChI=1S/C19H28O9/c1-4-12(9(2)3)26-18(25)11-7-10(21)5-6-13(11)27-19-17(24)16(23)15(22)14(8-20)28-19/h5-7,9,12,14-17,19-24H,4,8H2,1-3H3/t12?,14-,15-,16+,17-,19-/m1/s1. The summed E-state index contributed by atoms with van der Waals surface area (Å²) in [7, 11) is 0. The van der Waals surface area contributed by atoms with Crippen molar-refractivity contribution in [1.82, 2.24) is 0 Å². The predicted molar refractivity (Wildman–Crippen MR) is 96.8 cm³/mol. The smallest absolute Gasteiger partial charge is 0.342 e. The molecular weight excluding hydrogens is 372 g/mol. The molecule has 158 valence electrons. The number of esters is 1. The fraction of sp³-hybridized carbons (Fsp3) is 0.632. The second kappa shape index (κ2) is 9.53. The van der Waals surface area contributed by atoms with Crippen LogP contribution < -0.4 is 4.74 Å². The summed E-state index contributed by atoms with van der Waals surface area (Å²) >= 11 is 0. The van der Waals surface area contributed by atoms with Crippen LogP contribution in [0.3, 0.4) is 0 Å². The van der Waals surface area contributed by atoms with E-state index in [-0.39, 0.29) is 29.1 Å². The molecule has 9 heteroatoms. The molecule has 1 aliphatic heterocycles. The van der Waals surface area contributed by atoms with Gasteiger partial charge in [0.2, 0.25) is 6.29 Å². The fourth-order valence-corrected chi connectivity index (χ4v) is 2.96. The molecule has 1 aromatic rings. The van der Waals surface area contributed by atoms with E-state index < -0.39 is 43.3 Å². The Morgan fingerprint density at radius 1 is 1.18 bits per heavy atom. The number of phenolic OH excluding ortho intramolecular Hbond substituents is 1. The van der Waals surface area contributed by atoms with Crippen LogP contribution in [-0.2, 0) is 9.47 Å². The fourth-order valence-electron chi connectivity index (χ4n) is 2.96. The van der Waals surface area contributed by atoms with E-state index >= 15 is 0 Å². The molecule has 1 unspecified atom stereocenters. The molecule has 0 aromatic heterocycles. The molecule has 6 atom stereocenters. The topological polar surface area (TPSA) is 146 Å². The van der Waals surface area contributed by atoms with Crippen molar-refractivity contribution >= 4 is 5.97 Å². The van der Waals surface area contributed by atoms with Gasteiger partial charge < -0.3 is 39.7 Å². The third-order valence-electron chi connectivity index (χ3n) is 4.68. The number of benzene rings is 1. The number of aliphatic hydroxyl groups is 4. The number of rotatable bonds is 7. The van der Waals surface area contributed by atoms with E-state index in [0.717, 1.165) is 6.07 Å². The number of phenols is 1. The van der Waals surface area contributed by atoms with Gasteiger partial charge in [0.05, 0.1) is 6.61 Å². The van der Waals surface area contributed by atoms with Gasteiger partial charge in [0.1, 0.15) is 47.6 Å². The van der Waals surface area contributed by atoms with Crippen LogP contribution in [0.2, 0.25) is 0 Å². The molecule has 1 saturated heterocycles. The van der Waals surface area contributed by atoms with Crippen molar-refractivity contribution < 1.29 is 44.5 Å². The van der Waals surface area contributed by atoms with Crippen molar-refractivity contribution in [3.8, 4) is 11.5 Å². The number of ether oxygens (including phenoxy) is 3. The van der Waals surface area contributed by atoms with Gasteiger partial charge in [-0.25, -0.2) is 4.79 Å². The van der Waals surface area contributed by atoms with Gasteiger partial charge in [0.15, 0.2) is 0 Å². The molecule has 2 rings (SSSR count). The highest BCUT2D eigenvalue weighted by molar-refractivity contribution is 5.93. The minimum absolute atomic E-state index is 0.0502. The van der Waals surface area contributed by atoms with Gasteiger partial charge >= 0.3 is 5.97 Å². The van der Waals surface area contributed by atoms with E-state index in [9.17, 15) is 30.3 Å². The number of hydrogen-bond acceptors (Lipinski definition) is 9. The Morgan fingerprint density at radius 2 is 1.86 bits per heavy atom. The monoisotopic (exact) mass is 400 g/mol. The Hall–Kier alpha value is -1.91. The van der Waals surface area contributed by atoms with Gasteiger partial charge in [-0.05, 0) is 30.5 Å². The van der Waals surface area contributed by atoms with E-state index in [1.165, 1.54) is 12.1 Å². The van der Waals surface area contributed by atoms with Gasteiger partial charge in [-0.3, -0.25) is 0 Å². The van der Waals surface area contributed by atoms with Gasteiger partial charge in [-0.1, -0.05) is 20.8 Å². The average Bonchev–Trinajstić information content (AvgIpc) is 2.67. The summed E-state index contributed by atoms with van der Waals surface area (Å²) in [5.41, 5.74) is -0.0870. The third kappa shape index (κ3) is 4.92. The Kier molecular flexibility index (Phi) is 7.62. The first-order valence-electron chi connectivity index (χ1n) is 9.20. The Bertz CT molecular complexity index is 661. The lowest BCUT2D eigenvalue weighted by atomic mass is 9.99. The summed E-state index contributed by atoms with van der Waals surface area (Å²) in [6, 6.07) is 3.73. The number of hydrogen-bond donors (Lipinski definition) is 5. The first-order chi connectivity index (χ1) is 13.2. The second-order valence-corrected chi connectivity index (χ2v) is 7.09. The van der Waals surface area contributed by atoms with E-state index in [1.807, 2.05) is 20.8 Å². The largest absolute Gasteiger partial charge is 0.508 e. The van der Waals surface area contributed by atoms with Crippen molar-refractivity contribution in [3.05, 3.63) is 23.8 Å². The number of aliphatic hydroxyl groups excluding tert-OH is 4. The molecule has 5 N–H and O–H groups in total. The van der Waals surface area contributed by atoms with Crippen molar-refractivity contribution in [2.45, 2.75) is 64.0 Å². The zero-order chi connectivity index (χ0) is 21.0. The Balaban J connectivity index is 2.25. The number of aromatic hydroxyl groups is 1. The first kappa shape index (κ1) is 22.4. The van der Waals surface area contributed by atoms with Crippen LogP contribution in [0.15, 0.2) is 18.2 Å². The molecule has 1 aliphatic rings. The molecule has 1 aromatic carbocycles. The maximum absolute atomic E-state index is 12.6. The molecule has 28 heavy (non-hydrogen) atoms. The maximum atomic E-state index is 12.6. The Labute approximate surface area is 163 Å². The lowest BCUT2D eigenvalue weighted by Gasteiger charge is -2.39. The average molecular weight is 400 g/mol. The van der Waals surface area contributed by atoms with Crippen LogP contribution in [0.25, 0.3) is 0 Å². The van der Waals surface area contributed by atoms with Crippen molar-refractivity contribution in [1.29, 1.82) is 0 Å². The lowest BCUT2D eigenvalue weighted by molar-refractivity contribution is -0.277. The summed E-state index contributed by atoms with van der Waals surface area (Å²) in [5.74, 6) is -0.881. The molecular formula is C19H28O9. The molecule has 0 bridgehead atoms. The van der Waals surface area contributed by atoms with Crippen molar-refractivity contribution in [3.63, 3.8) is 0 Å². The van der Waals surface area contributed by atoms with Gasteiger partial charge in [0, 0.05) is 0 Å². The normalized spacial score (nSPS) is 28.8. The van der Waals surface area contributed by atoms with E-state index in [0.29, 0.717) is 6.42 Å².